The summed E-state index contributed by atoms with van der Waals surface area (Å²) in [7, 11) is 0. The van der Waals surface area contributed by atoms with Gasteiger partial charge in [0.05, 0.1) is 18.9 Å². The molecule has 19 heteroatoms. The summed E-state index contributed by atoms with van der Waals surface area (Å²) >= 11 is 0. The van der Waals surface area contributed by atoms with Gasteiger partial charge in [0.25, 0.3) is 0 Å². The van der Waals surface area contributed by atoms with Crippen molar-refractivity contribution in [1.29, 1.82) is 0 Å². The van der Waals surface area contributed by atoms with Crippen LogP contribution in [0.2, 0.25) is 0 Å². The maximum Gasteiger partial charge on any atom is 0.326 e. The Morgan fingerprint density at radius 1 is 0.725 bits per heavy atom. The van der Waals surface area contributed by atoms with Crippen molar-refractivity contribution in [3.05, 3.63) is 35.9 Å². The quantitative estimate of drug-likeness (QED) is 0.0741. The zero-order chi connectivity index (χ0) is 37.8. The molecule has 2 aliphatic heterocycles. The Balaban J connectivity index is 1.82. The molecule has 0 bridgehead atoms. The molecule has 0 spiro atoms. The number of rotatable bonds is 18. The van der Waals surface area contributed by atoms with E-state index in [1.807, 2.05) is 0 Å². The fraction of sp³-hybridized carbons (Fsp3) is 0.531. The van der Waals surface area contributed by atoms with Crippen molar-refractivity contribution in [2.75, 3.05) is 13.1 Å². The second-order valence-corrected chi connectivity index (χ2v) is 12.5. The lowest BCUT2D eigenvalue weighted by atomic mass is 10.0. The lowest BCUT2D eigenvalue weighted by Gasteiger charge is -2.32. The molecule has 0 radical (unpaired) electrons. The highest BCUT2D eigenvalue weighted by Crippen LogP contribution is 2.23. The lowest BCUT2D eigenvalue weighted by Crippen LogP contribution is -2.59. The summed E-state index contributed by atoms with van der Waals surface area (Å²) < 4.78 is 0. The van der Waals surface area contributed by atoms with E-state index in [4.69, 9.17) is 17.2 Å². The van der Waals surface area contributed by atoms with E-state index in [9.17, 15) is 53.4 Å². The number of carbonyl (C=O) groups is 9. The molecular formula is C32H44N8O11. The van der Waals surface area contributed by atoms with Crippen LogP contribution in [-0.4, -0.2) is 123 Å². The third kappa shape index (κ3) is 11.5. The van der Waals surface area contributed by atoms with Gasteiger partial charge in [-0.05, 0) is 37.7 Å². The van der Waals surface area contributed by atoms with E-state index in [1.54, 1.807) is 30.3 Å². The fourth-order valence-corrected chi connectivity index (χ4v) is 6.10. The van der Waals surface area contributed by atoms with E-state index in [0.29, 0.717) is 18.4 Å². The maximum atomic E-state index is 13.9. The van der Waals surface area contributed by atoms with Crippen LogP contribution in [0.3, 0.4) is 0 Å². The molecule has 0 aliphatic carbocycles. The number of benzene rings is 1. The zero-order valence-electron chi connectivity index (χ0n) is 27.8. The highest BCUT2D eigenvalue weighted by atomic mass is 16.4. The maximum absolute atomic E-state index is 13.9. The number of hydrogen-bond acceptors (Lipinski definition) is 10. The predicted molar refractivity (Wildman–Crippen MR) is 176 cm³/mol. The fourth-order valence-electron chi connectivity index (χ4n) is 6.10. The number of nitrogens with zero attached hydrogens (tertiary/aromatic N) is 2. The molecule has 278 valence electrons. The largest absolute Gasteiger partial charge is 0.481 e. The van der Waals surface area contributed by atoms with Gasteiger partial charge in [0.2, 0.25) is 41.4 Å². The van der Waals surface area contributed by atoms with Crippen LogP contribution in [0.25, 0.3) is 0 Å². The first kappa shape index (κ1) is 39.8. The Bertz CT molecular complexity index is 1510. The Morgan fingerprint density at radius 3 is 1.86 bits per heavy atom. The number of nitrogens with two attached hydrogens (primary N) is 3. The van der Waals surface area contributed by atoms with Crippen LogP contribution in [0.15, 0.2) is 30.3 Å². The Kier molecular flexibility index (Phi) is 14.4. The van der Waals surface area contributed by atoms with Crippen molar-refractivity contribution in [2.45, 2.75) is 94.0 Å². The highest BCUT2D eigenvalue weighted by Gasteiger charge is 2.42. The molecule has 19 nitrogen and oxygen atoms in total. The minimum Gasteiger partial charge on any atom is -0.481 e. The first-order valence-corrected chi connectivity index (χ1v) is 16.4. The number of likely N-dealkylation sites (tertiary alicyclic amines) is 2. The average molecular weight is 717 g/mol. The molecule has 51 heavy (non-hydrogen) atoms. The minimum absolute atomic E-state index is 0.0337. The van der Waals surface area contributed by atoms with Gasteiger partial charge in [-0.2, -0.15) is 0 Å². The van der Waals surface area contributed by atoms with Gasteiger partial charge in [0, 0.05) is 25.9 Å². The van der Waals surface area contributed by atoms with Gasteiger partial charge in [-0.1, -0.05) is 30.3 Å². The molecule has 2 aliphatic rings. The van der Waals surface area contributed by atoms with Gasteiger partial charge < -0.3 is 53.2 Å². The molecular weight excluding hydrogens is 672 g/mol. The highest BCUT2D eigenvalue weighted by molar-refractivity contribution is 5.98. The summed E-state index contributed by atoms with van der Waals surface area (Å²) in [6, 6.07) is 0.614. The van der Waals surface area contributed by atoms with Crippen molar-refractivity contribution in [3.8, 4) is 0 Å². The molecule has 0 saturated carbocycles. The van der Waals surface area contributed by atoms with Gasteiger partial charge in [0.1, 0.15) is 30.2 Å². The minimum atomic E-state index is -1.76. The van der Waals surface area contributed by atoms with E-state index in [-0.39, 0.29) is 38.8 Å². The molecule has 0 aromatic heterocycles. The zero-order valence-corrected chi connectivity index (χ0v) is 27.8. The number of carboxylic acids is 2. The summed E-state index contributed by atoms with van der Waals surface area (Å²) in [6.07, 6.45) is -1.01. The van der Waals surface area contributed by atoms with Crippen molar-refractivity contribution < 1.29 is 53.4 Å². The SMILES string of the molecule is NC(=O)CC[C@H](NC(=O)[C@H](CC(=O)O)NC(=O)[C@@H](N)CC(N)=O)C(=O)N1CCC[C@H]1C(=O)N[C@@H](Cc1ccccc1)C(=O)N1CCC[C@H]1C(=O)O. The van der Waals surface area contributed by atoms with E-state index < -0.39 is 109 Å². The summed E-state index contributed by atoms with van der Waals surface area (Å²) in [5, 5.41) is 26.2. The average Bonchev–Trinajstić information content (AvgIpc) is 3.76. The molecule has 2 heterocycles. The van der Waals surface area contributed by atoms with Crippen LogP contribution in [0.4, 0.5) is 0 Å². The van der Waals surface area contributed by atoms with E-state index in [2.05, 4.69) is 16.0 Å². The monoisotopic (exact) mass is 716 g/mol. The number of amides is 7. The normalized spacial score (nSPS) is 19.2. The summed E-state index contributed by atoms with van der Waals surface area (Å²) in [6.45, 7) is 0.230. The lowest BCUT2D eigenvalue weighted by molar-refractivity contribution is -0.150. The summed E-state index contributed by atoms with van der Waals surface area (Å²) in [4.78, 5) is 116. The smallest absolute Gasteiger partial charge is 0.326 e. The topological polar surface area (TPSA) is 315 Å². The molecule has 11 N–H and O–H groups in total. The molecule has 2 fully saturated rings. The molecule has 2 saturated heterocycles. The molecule has 1 aromatic rings. The first-order chi connectivity index (χ1) is 24.1. The van der Waals surface area contributed by atoms with Crippen LogP contribution in [0, 0.1) is 0 Å². The van der Waals surface area contributed by atoms with Crippen LogP contribution >= 0.6 is 0 Å². The Hall–Kier alpha value is -5.59. The number of nitrogens with one attached hydrogen (secondary N) is 3. The second-order valence-electron chi connectivity index (χ2n) is 12.5. The third-order valence-corrected chi connectivity index (χ3v) is 8.62. The second kappa shape index (κ2) is 18.4. The van der Waals surface area contributed by atoms with Crippen LogP contribution in [-0.2, 0) is 49.6 Å². The van der Waals surface area contributed by atoms with Gasteiger partial charge in [0.15, 0.2) is 0 Å². The van der Waals surface area contributed by atoms with E-state index >= 15 is 0 Å². The number of hydrogen-bond donors (Lipinski definition) is 8. The molecule has 0 unspecified atom stereocenters. The Morgan fingerprint density at radius 2 is 1.29 bits per heavy atom. The molecule has 3 rings (SSSR count). The summed E-state index contributed by atoms with van der Waals surface area (Å²) in [5.41, 5.74) is 16.6. The number of primary amides is 2. The number of carboxylic acid groups (broad SMARTS) is 2. The van der Waals surface area contributed by atoms with Crippen LogP contribution < -0.4 is 33.2 Å². The van der Waals surface area contributed by atoms with Crippen LogP contribution in [0.1, 0.15) is 56.9 Å². The van der Waals surface area contributed by atoms with Crippen molar-refractivity contribution in [3.63, 3.8) is 0 Å². The van der Waals surface area contributed by atoms with E-state index in [0.717, 1.165) is 4.90 Å². The van der Waals surface area contributed by atoms with Crippen molar-refractivity contribution in [2.24, 2.45) is 17.2 Å². The van der Waals surface area contributed by atoms with Gasteiger partial charge in [-0.3, -0.25) is 38.4 Å². The predicted octanol–water partition coefficient (Wildman–Crippen LogP) is -3.31. The molecule has 1 aromatic carbocycles. The van der Waals surface area contributed by atoms with Gasteiger partial charge in [-0.25, -0.2) is 4.79 Å². The molecule has 7 amide bonds. The Labute approximate surface area is 292 Å². The van der Waals surface area contributed by atoms with E-state index in [1.165, 1.54) is 4.90 Å². The molecule has 6 atom stereocenters. The standard InChI is InChI=1S/C32H44N8O11/c33-18(15-25(35)42)27(45)37-20(16-26(43)44)28(46)36-19(10-11-24(34)41)30(48)39-12-4-8-22(39)29(47)38-21(14-17-6-2-1-3-7-17)31(49)40-13-5-9-23(40)32(50)51/h1-3,6-7,18-23H,4-5,8-16,33H2,(H2,34,41)(H2,35,42)(H,36,46)(H,37,45)(H,38,47)(H,43,44)(H,50,51)/t18-,19-,20-,21-,22-,23-/m0/s1. The first-order valence-electron chi connectivity index (χ1n) is 16.4. The number of carbonyl (C=O) groups excluding carboxylic acids is 7. The van der Waals surface area contributed by atoms with Gasteiger partial charge >= 0.3 is 11.9 Å². The van der Waals surface area contributed by atoms with Crippen LogP contribution in [0.5, 0.6) is 0 Å². The summed E-state index contributed by atoms with van der Waals surface area (Å²) in [5.74, 6) is -8.73. The van der Waals surface area contributed by atoms with Crippen molar-refractivity contribution >= 4 is 53.3 Å². The third-order valence-electron chi connectivity index (χ3n) is 8.62. The van der Waals surface area contributed by atoms with Crippen molar-refractivity contribution in [1.82, 2.24) is 25.8 Å². The number of aliphatic carboxylic acids is 2. The van der Waals surface area contributed by atoms with Gasteiger partial charge in [-0.15, -0.1) is 0 Å².